The van der Waals surface area contributed by atoms with Gasteiger partial charge in [0, 0.05) is 0 Å². The Kier molecular flexibility index (Phi) is 4.23. The summed E-state index contributed by atoms with van der Waals surface area (Å²) >= 11 is 1.45. The molecule has 0 N–H and O–H groups in total. The lowest BCUT2D eigenvalue weighted by Crippen LogP contribution is -1.93. The Morgan fingerprint density at radius 2 is 1.59 bits per heavy atom. The number of benzene rings is 2. The summed E-state index contributed by atoms with van der Waals surface area (Å²) in [5.41, 5.74) is 0. The molecule has 4 nitrogen and oxygen atoms in total. The zero-order chi connectivity index (χ0) is 15.2. The first-order chi connectivity index (χ1) is 10.9. The van der Waals surface area contributed by atoms with E-state index in [9.17, 15) is 0 Å². The third-order valence-electron chi connectivity index (χ3n) is 2.77. The third kappa shape index (κ3) is 3.19. The normalized spacial score (nSPS) is 9.77. The number of ether oxygens (including phenoxy) is 3. The summed E-state index contributed by atoms with van der Waals surface area (Å²) in [5, 5.41) is 11.5. The molecule has 2 aromatic carbocycles. The van der Waals surface area contributed by atoms with Gasteiger partial charge < -0.3 is 14.2 Å². The Balaban J connectivity index is 1.94. The van der Waals surface area contributed by atoms with Crippen LogP contribution in [0.4, 0.5) is 0 Å². The molecule has 0 amide bonds. The summed E-state index contributed by atoms with van der Waals surface area (Å²) < 4.78 is 16.6. The molecule has 0 aliphatic heterocycles. The zero-order valence-corrected chi connectivity index (χ0v) is 12.2. The second kappa shape index (κ2) is 6.66. The highest BCUT2D eigenvalue weighted by Gasteiger charge is 2.15. The molecule has 5 heteroatoms. The van der Waals surface area contributed by atoms with Gasteiger partial charge in [0.25, 0.3) is 6.26 Å². The second-order valence-corrected chi connectivity index (χ2v) is 5.14. The van der Waals surface area contributed by atoms with Crippen molar-refractivity contribution in [3.05, 3.63) is 66.0 Å². The van der Waals surface area contributed by atoms with E-state index < -0.39 is 0 Å². The maximum atomic E-state index is 8.88. The van der Waals surface area contributed by atoms with Crippen LogP contribution < -0.4 is 14.2 Å². The number of nitrogens with zero attached hydrogens (tertiary/aromatic N) is 1. The van der Waals surface area contributed by atoms with E-state index in [0.29, 0.717) is 22.3 Å². The lowest BCUT2D eigenvalue weighted by molar-refractivity contribution is 0.398. The fraction of sp³-hybridized carbons (Fsp3) is 0. The number of rotatable bonds is 5. The van der Waals surface area contributed by atoms with Crippen LogP contribution in [0.3, 0.4) is 0 Å². The highest BCUT2D eigenvalue weighted by molar-refractivity contribution is 7.11. The van der Waals surface area contributed by atoms with Crippen LogP contribution in [0.2, 0.25) is 0 Å². The van der Waals surface area contributed by atoms with E-state index in [1.165, 1.54) is 11.3 Å². The van der Waals surface area contributed by atoms with Crippen LogP contribution in [0.15, 0.2) is 66.0 Å². The predicted molar refractivity (Wildman–Crippen MR) is 83.6 cm³/mol. The van der Waals surface area contributed by atoms with E-state index in [-0.39, 0.29) is 5.75 Å². The molecule has 0 aliphatic rings. The van der Waals surface area contributed by atoms with E-state index in [4.69, 9.17) is 19.5 Å². The maximum Gasteiger partial charge on any atom is 0.292 e. The van der Waals surface area contributed by atoms with Crippen molar-refractivity contribution in [3.63, 3.8) is 0 Å². The number of hydrogen-bond donors (Lipinski definition) is 0. The molecule has 3 aromatic rings. The molecule has 0 fully saturated rings. The highest BCUT2D eigenvalue weighted by Crippen LogP contribution is 2.42. The summed E-state index contributed by atoms with van der Waals surface area (Å²) in [4.78, 5) is 0. The van der Waals surface area contributed by atoms with E-state index in [1.807, 2.05) is 47.8 Å². The van der Waals surface area contributed by atoms with Gasteiger partial charge >= 0.3 is 0 Å². The summed E-state index contributed by atoms with van der Waals surface area (Å²) in [6.45, 7) is 0. The Bertz CT molecular complexity index is 779. The average Bonchev–Trinajstić information content (AvgIpc) is 3.04. The van der Waals surface area contributed by atoms with Gasteiger partial charge in [-0.15, -0.1) is 16.6 Å². The van der Waals surface area contributed by atoms with Gasteiger partial charge in [-0.25, -0.2) is 0 Å². The van der Waals surface area contributed by atoms with Crippen molar-refractivity contribution in [2.45, 2.75) is 0 Å². The summed E-state index contributed by atoms with van der Waals surface area (Å²) in [5.74, 6) is 1.75. The Morgan fingerprint density at radius 1 is 0.818 bits per heavy atom. The van der Waals surface area contributed by atoms with Crippen LogP contribution in [0.1, 0.15) is 0 Å². The number of nitriles is 1. The highest BCUT2D eigenvalue weighted by atomic mass is 32.1. The molecule has 108 valence electrons. The van der Waals surface area contributed by atoms with Crippen LogP contribution in [0.5, 0.6) is 28.1 Å². The van der Waals surface area contributed by atoms with Gasteiger partial charge in [0.1, 0.15) is 5.75 Å². The van der Waals surface area contributed by atoms with Crippen molar-refractivity contribution in [1.82, 2.24) is 0 Å². The zero-order valence-electron chi connectivity index (χ0n) is 11.4. The largest absolute Gasteiger partial charge is 0.453 e. The molecule has 3 rings (SSSR count). The molecule has 1 aromatic heterocycles. The molecule has 0 saturated carbocycles. The van der Waals surface area contributed by atoms with Crippen molar-refractivity contribution in [2.24, 2.45) is 0 Å². The molecule has 22 heavy (non-hydrogen) atoms. The average molecular weight is 309 g/mol. The molecule has 0 saturated heterocycles. The predicted octanol–water partition coefficient (Wildman–Crippen LogP) is 5.19. The molecule has 0 unspecified atom stereocenters. The summed E-state index contributed by atoms with van der Waals surface area (Å²) in [6, 6.07) is 18.2. The Labute approximate surface area is 131 Å². The van der Waals surface area contributed by atoms with Crippen LogP contribution >= 0.6 is 11.3 Å². The summed E-state index contributed by atoms with van der Waals surface area (Å²) in [6.07, 6.45) is 1.67. The number of thiophene rings is 1. The van der Waals surface area contributed by atoms with Gasteiger partial charge in [-0.1, -0.05) is 24.3 Å². The first-order valence-corrected chi connectivity index (χ1v) is 7.38. The Morgan fingerprint density at radius 3 is 2.27 bits per heavy atom. The van der Waals surface area contributed by atoms with E-state index in [0.717, 1.165) is 0 Å². The van der Waals surface area contributed by atoms with E-state index in [1.54, 1.807) is 24.5 Å². The van der Waals surface area contributed by atoms with Gasteiger partial charge in [0.2, 0.25) is 5.75 Å². The van der Waals surface area contributed by atoms with Gasteiger partial charge in [-0.3, -0.25) is 0 Å². The van der Waals surface area contributed by atoms with Gasteiger partial charge in [0.05, 0.1) is 0 Å². The van der Waals surface area contributed by atoms with Crippen molar-refractivity contribution in [2.75, 3.05) is 0 Å². The fourth-order valence-corrected chi connectivity index (χ4v) is 2.43. The topological polar surface area (TPSA) is 51.5 Å². The van der Waals surface area contributed by atoms with Gasteiger partial charge in [-0.05, 0) is 41.8 Å². The number of para-hydroxylation sites is 2. The van der Waals surface area contributed by atoms with Crippen LogP contribution in [0.25, 0.3) is 0 Å². The third-order valence-corrected chi connectivity index (χ3v) is 3.51. The molecule has 0 radical (unpaired) electrons. The first-order valence-electron chi connectivity index (χ1n) is 6.50. The van der Waals surface area contributed by atoms with E-state index >= 15 is 0 Å². The van der Waals surface area contributed by atoms with Crippen molar-refractivity contribution < 1.29 is 14.2 Å². The quantitative estimate of drug-likeness (QED) is 0.608. The minimum Gasteiger partial charge on any atom is -0.453 e. The Hall–Kier alpha value is -2.97. The molecule has 0 atom stereocenters. The molecule has 1 heterocycles. The molecular formula is C17H11NO3S. The van der Waals surface area contributed by atoms with Gasteiger partial charge in [-0.2, -0.15) is 0 Å². The van der Waals surface area contributed by atoms with Gasteiger partial charge in [0.15, 0.2) is 16.6 Å². The standard InChI is InChI=1S/C17H11NO3S/c18-12-19-17-14(20-13-6-2-1-3-7-13)8-4-9-15(17)21-16-10-5-11-22-16/h1-11H. The minimum atomic E-state index is 0.252. The van der Waals surface area contributed by atoms with Crippen LogP contribution in [-0.4, -0.2) is 0 Å². The van der Waals surface area contributed by atoms with E-state index in [2.05, 4.69) is 0 Å². The fourth-order valence-electron chi connectivity index (χ4n) is 1.85. The maximum absolute atomic E-state index is 8.88. The lowest BCUT2D eigenvalue weighted by Gasteiger charge is -2.12. The van der Waals surface area contributed by atoms with Crippen molar-refractivity contribution in [3.8, 4) is 34.3 Å². The molecule has 0 spiro atoms. The SMILES string of the molecule is N#COc1c(Oc2ccccc2)cccc1Oc1cccs1. The smallest absolute Gasteiger partial charge is 0.292 e. The number of hydrogen-bond acceptors (Lipinski definition) is 5. The van der Waals surface area contributed by atoms with Crippen molar-refractivity contribution >= 4 is 11.3 Å². The van der Waals surface area contributed by atoms with Crippen molar-refractivity contribution in [1.29, 1.82) is 5.26 Å². The molecular weight excluding hydrogens is 298 g/mol. The lowest BCUT2D eigenvalue weighted by atomic mass is 10.3. The van der Waals surface area contributed by atoms with Crippen LogP contribution in [-0.2, 0) is 0 Å². The monoisotopic (exact) mass is 309 g/mol. The minimum absolute atomic E-state index is 0.252. The first kappa shape index (κ1) is 14.0. The molecule has 0 bridgehead atoms. The van der Waals surface area contributed by atoms with Crippen LogP contribution in [0, 0.1) is 11.5 Å². The second-order valence-electron chi connectivity index (χ2n) is 4.23. The summed E-state index contributed by atoms with van der Waals surface area (Å²) in [7, 11) is 0. The molecule has 0 aliphatic carbocycles.